The molecule has 81 valence electrons. The van der Waals surface area contributed by atoms with E-state index in [9.17, 15) is 9.90 Å². The van der Waals surface area contributed by atoms with Gasteiger partial charge in [0, 0.05) is 6.42 Å². The van der Waals surface area contributed by atoms with Crippen LogP contribution < -0.4 is 4.74 Å². The minimum atomic E-state index is -0.260. The number of carbonyl (C=O) groups excluding carboxylic acids is 1. The third-order valence-electron chi connectivity index (χ3n) is 2.03. The Labute approximate surface area is 89.7 Å². The van der Waals surface area contributed by atoms with E-state index in [1.165, 1.54) is 6.07 Å². The average Bonchev–Trinajstić information content (AvgIpc) is 2.20. The fourth-order valence-corrected chi connectivity index (χ4v) is 1.14. The van der Waals surface area contributed by atoms with Gasteiger partial charge < -0.3 is 9.84 Å². The summed E-state index contributed by atoms with van der Waals surface area (Å²) in [7, 11) is 0. The first-order valence-corrected chi connectivity index (χ1v) is 4.93. The Bertz CT molecular complexity index is 345. The van der Waals surface area contributed by atoms with Gasteiger partial charge in [-0.25, -0.2) is 0 Å². The third kappa shape index (κ3) is 3.62. The number of aromatic hydroxyl groups is 1. The topological polar surface area (TPSA) is 46.5 Å². The summed E-state index contributed by atoms with van der Waals surface area (Å²) in [6.45, 7) is 5.40. The van der Waals surface area contributed by atoms with Gasteiger partial charge in [0.15, 0.2) is 0 Å². The molecule has 0 aliphatic carbocycles. The van der Waals surface area contributed by atoms with Gasteiger partial charge in [-0.2, -0.15) is 0 Å². The molecule has 0 saturated heterocycles. The number of phenolic OH excluding ortho intramolecular Hbond substituents is 1. The highest BCUT2D eigenvalue weighted by molar-refractivity contribution is 5.72. The molecule has 0 bridgehead atoms. The quantitative estimate of drug-likeness (QED) is 0.609. The predicted molar refractivity (Wildman–Crippen MR) is 57.7 cm³/mol. The molecule has 1 N–H and O–H groups in total. The van der Waals surface area contributed by atoms with Crippen molar-refractivity contribution < 1.29 is 14.6 Å². The van der Waals surface area contributed by atoms with Crippen molar-refractivity contribution in [2.75, 3.05) is 0 Å². The summed E-state index contributed by atoms with van der Waals surface area (Å²) in [5.74, 6) is 0.413. The lowest BCUT2D eigenvalue weighted by Crippen LogP contribution is -2.07. The van der Waals surface area contributed by atoms with Crippen molar-refractivity contribution in [1.29, 1.82) is 0 Å². The zero-order valence-electron chi connectivity index (χ0n) is 8.82. The summed E-state index contributed by atoms with van der Waals surface area (Å²) >= 11 is 0. The summed E-state index contributed by atoms with van der Waals surface area (Å²) in [4.78, 5) is 11.3. The summed E-state index contributed by atoms with van der Waals surface area (Å²) in [5, 5.41) is 9.27. The maximum atomic E-state index is 11.3. The number of hydrogen-bond donors (Lipinski definition) is 1. The van der Waals surface area contributed by atoms with Gasteiger partial charge in [0.25, 0.3) is 0 Å². The van der Waals surface area contributed by atoms with Crippen LogP contribution in [0.2, 0.25) is 0 Å². The standard InChI is InChI=1S/C12H15O3/c1-3-4-5-12(14)15-10-6-7-11(13)9(2)8-10/h6-8,13H,1,3-5H2,2H3. The molecule has 0 spiro atoms. The Kier molecular flexibility index (Phi) is 4.16. The Balaban J connectivity index is 2.57. The van der Waals surface area contributed by atoms with Crippen LogP contribution in [0.3, 0.4) is 0 Å². The highest BCUT2D eigenvalue weighted by Gasteiger charge is 2.05. The minimum absolute atomic E-state index is 0.201. The van der Waals surface area contributed by atoms with Crippen LogP contribution in [0.1, 0.15) is 24.8 Å². The molecular formula is C12H15O3. The highest BCUT2D eigenvalue weighted by atomic mass is 16.5. The lowest BCUT2D eigenvalue weighted by atomic mass is 10.2. The summed E-state index contributed by atoms with van der Waals surface area (Å²) in [5.41, 5.74) is 0.692. The van der Waals surface area contributed by atoms with Gasteiger partial charge in [0.1, 0.15) is 11.5 Å². The molecular weight excluding hydrogens is 192 g/mol. The van der Waals surface area contributed by atoms with E-state index >= 15 is 0 Å². The number of esters is 1. The van der Waals surface area contributed by atoms with Gasteiger partial charge in [-0.15, -0.1) is 0 Å². The second-order valence-corrected chi connectivity index (χ2v) is 3.38. The zero-order valence-corrected chi connectivity index (χ0v) is 8.82. The zero-order chi connectivity index (χ0) is 11.3. The van der Waals surface area contributed by atoms with E-state index in [0.717, 1.165) is 12.8 Å². The molecule has 0 heterocycles. The van der Waals surface area contributed by atoms with E-state index in [1.807, 2.05) is 0 Å². The van der Waals surface area contributed by atoms with E-state index in [0.29, 0.717) is 17.7 Å². The van der Waals surface area contributed by atoms with Gasteiger partial charge in [0.05, 0.1) is 0 Å². The van der Waals surface area contributed by atoms with E-state index in [4.69, 9.17) is 4.74 Å². The Hall–Kier alpha value is -1.51. The minimum Gasteiger partial charge on any atom is -0.508 e. The van der Waals surface area contributed by atoms with Crippen molar-refractivity contribution in [3.05, 3.63) is 30.7 Å². The van der Waals surface area contributed by atoms with Crippen LogP contribution in [0, 0.1) is 13.8 Å². The summed E-state index contributed by atoms with van der Waals surface area (Å²) in [6, 6.07) is 4.72. The molecule has 3 heteroatoms. The first-order chi connectivity index (χ1) is 7.13. The first-order valence-electron chi connectivity index (χ1n) is 4.93. The Morgan fingerprint density at radius 3 is 2.87 bits per heavy atom. The summed E-state index contributed by atoms with van der Waals surface area (Å²) < 4.78 is 5.07. The fourth-order valence-electron chi connectivity index (χ4n) is 1.14. The first kappa shape index (κ1) is 11.6. The van der Waals surface area contributed by atoms with Crippen LogP contribution in [-0.4, -0.2) is 11.1 Å². The van der Waals surface area contributed by atoms with E-state index < -0.39 is 0 Å². The fraction of sp³-hybridized carbons (Fsp3) is 0.333. The van der Waals surface area contributed by atoms with Crippen molar-refractivity contribution in [1.82, 2.24) is 0 Å². The SMILES string of the molecule is [CH2]CCCC(=O)Oc1ccc(O)c(C)c1. The third-order valence-corrected chi connectivity index (χ3v) is 2.03. The molecule has 0 saturated carbocycles. The second kappa shape index (κ2) is 5.39. The molecule has 0 aliphatic heterocycles. The van der Waals surface area contributed by atoms with Crippen LogP contribution in [0.15, 0.2) is 18.2 Å². The Morgan fingerprint density at radius 1 is 1.53 bits per heavy atom. The van der Waals surface area contributed by atoms with E-state index in [1.54, 1.807) is 19.1 Å². The normalized spacial score (nSPS) is 10.0. The lowest BCUT2D eigenvalue weighted by Gasteiger charge is -2.05. The van der Waals surface area contributed by atoms with Gasteiger partial charge in [-0.3, -0.25) is 4.79 Å². The molecule has 1 radical (unpaired) electrons. The van der Waals surface area contributed by atoms with Crippen molar-refractivity contribution in [3.63, 3.8) is 0 Å². The molecule has 3 nitrogen and oxygen atoms in total. The van der Waals surface area contributed by atoms with Gasteiger partial charge in [-0.05, 0) is 37.1 Å². The number of aryl methyl sites for hydroxylation is 1. The number of rotatable bonds is 4. The maximum absolute atomic E-state index is 11.3. The maximum Gasteiger partial charge on any atom is 0.311 e. The number of benzene rings is 1. The number of phenols is 1. The second-order valence-electron chi connectivity index (χ2n) is 3.38. The molecule has 0 fully saturated rings. The van der Waals surface area contributed by atoms with Gasteiger partial charge in [-0.1, -0.05) is 13.3 Å². The Morgan fingerprint density at radius 2 is 2.27 bits per heavy atom. The molecule has 1 aromatic rings. The molecule has 15 heavy (non-hydrogen) atoms. The van der Waals surface area contributed by atoms with Crippen molar-refractivity contribution in [2.24, 2.45) is 0 Å². The van der Waals surface area contributed by atoms with Crippen LogP contribution >= 0.6 is 0 Å². The molecule has 1 rings (SSSR count). The van der Waals surface area contributed by atoms with E-state index in [-0.39, 0.29) is 11.7 Å². The number of hydrogen-bond acceptors (Lipinski definition) is 3. The number of ether oxygens (including phenoxy) is 1. The van der Waals surface area contributed by atoms with Crippen LogP contribution in [0.4, 0.5) is 0 Å². The van der Waals surface area contributed by atoms with Gasteiger partial charge >= 0.3 is 5.97 Å². The van der Waals surface area contributed by atoms with Gasteiger partial charge in [0.2, 0.25) is 0 Å². The highest BCUT2D eigenvalue weighted by Crippen LogP contribution is 2.22. The number of unbranched alkanes of at least 4 members (excludes halogenated alkanes) is 1. The molecule has 0 aliphatic rings. The smallest absolute Gasteiger partial charge is 0.311 e. The van der Waals surface area contributed by atoms with Crippen LogP contribution in [-0.2, 0) is 4.79 Å². The predicted octanol–water partition coefficient (Wildman–Crippen LogP) is 2.61. The largest absolute Gasteiger partial charge is 0.508 e. The molecule has 0 unspecified atom stereocenters. The molecule has 0 atom stereocenters. The van der Waals surface area contributed by atoms with Crippen LogP contribution in [0.25, 0.3) is 0 Å². The lowest BCUT2D eigenvalue weighted by molar-refractivity contribution is -0.134. The van der Waals surface area contributed by atoms with Crippen molar-refractivity contribution in [2.45, 2.75) is 26.2 Å². The number of carbonyl (C=O) groups is 1. The molecule has 0 aromatic heterocycles. The van der Waals surface area contributed by atoms with Crippen LogP contribution in [0.5, 0.6) is 11.5 Å². The monoisotopic (exact) mass is 207 g/mol. The average molecular weight is 207 g/mol. The summed E-state index contributed by atoms with van der Waals surface area (Å²) in [6.07, 6.45) is 1.84. The van der Waals surface area contributed by atoms with Crippen molar-refractivity contribution in [3.8, 4) is 11.5 Å². The molecule has 0 amide bonds. The van der Waals surface area contributed by atoms with E-state index in [2.05, 4.69) is 6.92 Å². The van der Waals surface area contributed by atoms with Crippen molar-refractivity contribution >= 4 is 5.97 Å². The molecule has 1 aromatic carbocycles.